The highest BCUT2D eigenvalue weighted by Gasteiger charge is 1.73. The van der Waals surface area contributed by atoms with Crippen LogP contribution in [0.1, 0.15) is 0 Å². The summed E-state index contributed by atoms with van der Waals surface area (Å²) in [6, 6.07) is 0.463. The number of hydrogen-bond donors (Lipinski definition) is 0. The van der Waals surface area contributed by atoms with Gasteiger partial charge < -0.3 is 4.57 Å². The van der Waals surface area contributed by atoms with E-state index in [9.17, 15) is 9.36 Å². The molecular weight excluding hydrogens is 87.0 g/mol. The Labute approximate surface area is 31.0 Å². The largest absolute Gasteiger partial charge is 0.319 e. The molecular formula is C2H5O2P. The first-order valence-electron chi connectivity index (χ1n) is 1.23. The Morgan fingerprint density at radius 3 is 2.00 bits per heavy atom. The SMILES string of the molecule is C[PH](=O)C=O. The van der Waals surface area contributed by atoms with Crippen LogP contribution < -0.4 is 0 Å². The summed E-state index contributed by atoms with van der Waals surface area (Å²) in [4.78, 5) is 9.24. The van der Waals surface area contributed by atoms with Crippen molar-refractivity contribution < 1.29 is 9.36 Å². The molecule has 0 aliphatic carbocycles. The third-order valence-corrected chi connectivity index (χ3v) is 0.498. The van der Waals surface area contributed by atoms with Crippen LogP contribution in [0.15, 0.2) is 0 Å². The van der Waals surface area contributed by atoms with Crippen molar-refractivity contribution in [3.05, 3.63) is 0 Å². The maximum atomic E-state index is 9.63. The van der Waals surface area contributed by atoms with Gasteiger partial charge in [0.05, 0.1) is 0 Å². The average Bonchev–Trinajstić information content (AvgIpc) is 1.38. The predicted molar refractivity (Wildman–Crippen MR) is 21.7 cm³/mol. The molecule has 0 saturated heterocycles. The van der Waals surface area contributed by atoms with Gasteiger partial charge in [-0.25, -0.2) is 0 Å². The molecule has 2 nitrogen and oxygen atoms in total. The molecule has 0 bridgehead atoms. The van der Waals surface area contributed by atoms with E-state index in [2.05, 4.69) is 0 Å². The van der Waals surface area contributed by atoms with Crippen LogP contribution in [0, 0.1) is 0 Å². The minimum Gasteiger partial charge on any atom is -0.319 e. The molecule has 0 aliphatic rings. The van der Waals surface area contributed by atoms with Gasteiger partial charge in [0, 0.05) is 0 Å². The van der Waals surface area contributed by atoms with Gasteiger partial charge >= 0.3 is 0 Å². The van der Waals surface area contributed by atoms with Gasteiger partial charge in [-0.15, -0.1) is 0 Å². The monoisotopic (exact) mass is 92.0 g/mol. The summed E-state index contributed by atoms with van der Waals surface area (Å²) in [6.07, 6.45) is 0. The Morgan fingerprint density at radius 2 is 2.00 bits per heavy atom. The van der Waals surface area contributed by atoms with Gasteiger partial charge in [-0.2, -0.15) is 0 Å². The van der Waals surface area contributed by atoms with Gasteiger partial charge in [0.2, 0.25) is 0 Å². The summed E-state index contributed by atoms with van der Waals surface area (Å²) < 4.78 is 9.63. The van der Waals surface area contributed by atoms with Gasteiger partial charge in [0.1, 0.15) is 7.80 Å². The molecule has 3 heteroatoms. The molecule has 0 aromatic heterocycles. The second-order valence-corrected chi connectivity index (χ2v) is 2.19. The third-order valence-electron chi connectivity index (χ3n) is 0.166. The number of carbonyl (C=O) groups is 1. The zero-order valence-corrected chi connectivity index (χ0v) is 3.89. The summed E-state index contributed by atoms with van der Waals surface area (Å²) >= 11 is 0. The minimum atomic E-state index is -1.80. The molecule has 30 valence electrons. The van der Waals surface area contributed by atoms with Gasteiger partial charge in [-0.3, -0.25) is 4.79 Å². The molecule has 0 N–H and O–H groups in total. The maximum Gasteiger partial charge on any atom is 0.176 e. The van der Waals surface area contributed by atoms with Gasteiger partial charge in [-0.1, -0.05) is 0 Å². The molecule has 0 radical (unpaired) electrons. The van der Waals surface area contributed by atoms with Crippen molar-refractivity contribution in [2.75, 3.05) is 6.66 Å². The van der Waals surface area contributed by atoms with Crippen molar-refractivity contribution in [1.29, 1.82) is 0 Å². The van der Waals surface area contributed by atoms with Crippen LogP contribution >= 0.6 is 7.80 Å². The van der Waals surface area contributed by atoms with Crippen LogP contribution in [0.3, 0.4) is 0 Å². The van der Waals surface area contributed by atoms with E-state index in [1.807, 2.05) is 0 Å². The van der Waals surface area contributed by atoms with Crippen molar-refractivity contribution in [3.63, 3.8) is 0 Å². The zero-order valence-electron chi connectivity index (χ0n) is 2.89. The lowest BCUT2D eigenvalue weighted by Gasteiger charge is -1.60. The van der Waals surface area contributed by atoms with Gasteiger partial charge in [0.25, 0.3) is 0 Å². The highest BCUT2D eigenvalue weighted by Crippen LogP contribution is 2.03. The summed E-state index contributed by atoms with van der Waals surface area (Å²) in [5.74, 6) is 0. The van der Waals surface area contributed by atoms with E-state index >= 15 is 0 Å². The lowest BCUT2D eigenvalue weighted by atomic mass is 11.8. The quantitative estimate of drug-likeness (QED) is 0.346. The summed E-state index contributed by atoms with van der Waals surface area (Å²) in [6.45, 7) is 1.40. The predicted octanol–water partition coefficient (Wildman–Crippen LogP) is 0.366. The molecule has 0 saturated carbocycles. The molecule has 0 spiro atoms. The molecule has 0 heterocycles. The van der Waals surface area contributed by atoms with E-state index in [1.54, 1.807) is 0 Å². The van der Waals surface area contributed by atoms with E-state index in [1.165, 1.54) is 6.66 Å². The third kappa shape index (κ3) is 3.90. The fraction of sp³-hybridized carbons (Fsp3) is 0.500. The van der Waals surface area contributed by atoms with E-state index in [-0.39, 0.29) is 0 Å². The Bertz CT molecular complexity index is 58.7. The molecule has 1 atom stereocenters. The van der Waals surface area contributed by atoms with Crippen LogP contribution in [0.5, 0.6) is 0 Å². The molecule has 0 amide bonds. The van der Waals surface area contributed by atoms with Crippen LogP contribution in [0.25, 0.3) is 0 Å². The summed E-state index contributed by atoms with van der Waals surface area (Å²) in [7, 11) is -1.80. The summed E-state index contributed by atoms with van der Waals surface area (Å²) in [5, 5.41) is 0. The van der Waals surface area contributed by atoms with E-state index in [0.29, 0.717) is 6.03 Å². The number of carbonyl (C=O) groups excluding carboxylic acids is 1. The highest BCUT2D eigenvalue weighted by molar-refractivity contribution is 7.60. The van der Waals surface area contributed by atoms with Gasteiger partial charge in [-0.05, 0) is 6.66 Å². The standard InChI is InChI=1S/C2H5O2P/c1-5(4)2-3/h2,5H,1H3. The van der Waals surface area contributed by atoms with E-state index in [0.717, 1.165) is 0 Å². The van der Waals surface area contributed by atoms with Crippen molar-refractivity contribution in [3.8, 4) is 0 Å². The van der Waals surface area contributed by atoms with Crippen LogP contribution in [0.2, 0.25) is 0 Å². The van der Waals surface area contributed by atoms with Crippen LogP contribution in [0.4, 0.5) is 0 Å². The Hall–Kier alpha value is -0.100. The molecule has 0 aromatic rings. The fourth-order valence-corrected chi connectivity index (χ4v) is 0. The number of hydrogen-bond acceptors (Lipinski definition) is 2. The lowest BCUT2D eigenvalue weighted by Crippen LogP contribution is -1.48. The molecule has 0 fully saturated rings. The normalized spacial score (nSPS) is 13.8. The van der Waals surface area contributed by atoms with Crippen LogP contribution in [-0.4, -0.2) is 12.7 Å². The van der Waals surface area contributed by atoms with Crippen molar-refractivity contribution in [1.82, 2.24) is 0 Å². The zero-order chi connectivity index (χ0) is 4.28. The first-order chi connectivity index (χ1) is 2.27. The van der Waals surface area contributed by atoms with E-state index in [4.69, 9.17) is 0 Å². The second kappa shape index (κ2) is 2.16. The second-order valence-electron chi connectivity index (χ2n) is 0.729. The molecule has 0 rings (SSSR count). The topological polar surface area (TPSA) is 34.1 Å². The maximum absolute atomic E-state index is 9.63. The fourth-order valence-electron chi connectivity index (χ4n) is 0. The Morgan fingerprint density at radius 1 is 1.80 bits per heavy atom. The average molecular weight is 92.0 g/mol. The number of rotatable bonds is 1. The van der Waals surface area contributed by atoms with Gasteiger partial charge in [0.15, 0.2) is 6.03 Å². The minimum absolute atomic E-state index is 0.463. The van der Waals surface area contributed by atoms with Crippen LogP contribution in [-0.2, 0) is 9.36 Å². The molecule has 1 unspecified atom stereocenters. The Kier molecular flexibility index (Phi) is 2.11. The molecule has 5 heavy (non-hydrogen) atoms. The first kappa shape index (κ1) is 4.90. The molecule has 0 aromatic carbocycles. The summed E-state index contributed by atoms with van der Waals surface area (Å²) in [5.41, 5.74) is 0. The van der Waals surface area contributed by atoms with E-state index < -0.39 is 7.80 Å². The van der Waals surface area contributed by atoms with Crippen molar-refractivity contribution >= 4 is 13.8 Å². The Balaban J connectivity index is 3.20. The molecule has 0 aliphatic heterocycles. The van der Waals surface area contributed by atoms with Crippen molar-refractivity contribution in [2.45, 2.75) is 0 Å². The lowest BCUT2D eigenvalue weighted by molar-refractivity contribution is 0.559. The van der Waals surface area contributed by atoms with Crippen molar-refractivity contribution in [2.24, 2.45) is 0 Å². The smallest absolute Gasteiger partial charge is 0.176 e. The first-order valence-corrected chi connectivity index (χ1v) is 3.21. The highest BCUT2D eigenvalue weighted by atomic mass is 31.1.